The van der Waals surface area contributed by atoms with E-state index in [1.54, 1.807) is 4.68 Å². The third-order valence-corrected chi connectivity index (χ3v) is 4.09. The molecule has 1 atom stereocenters. The molecule has 1 aromatic carbocycles. The molecule has 1 N–H and O–H groups in total. The SMILES string of the molecule is CC(C)CN1CCOC(CNC(=O)Cn2nnc3ccccc32)C1. The second-order valence-corrected chi connectivity index (χ2v) is 6.69. The number of carbonyl (C=O) groups is 1. The molecule has 0 radical (unpaired) electrons. The van der Waals surface area contributed by atoms with Crippen LogP contribution in [0.15, 0.2) is 24.3 Å². The highest BCUT2D eigenvalue weighted by molar-refractivity contribution is 5.79. The van der Waals surface area contributed by atoms with E-state index in [2.05, 4.69) is 34.4 Å². The van der Waals surface area contributed by atoms with Gasteiger partial charge in [0, 0.05) is 26.2 Å². The summed E-state index contributed by atoms with van der Waals surface area (Å²) in [6.07, 6.45) is 0.0499. The highest BCUT2D eigenvalue weighted by Crippen LogP contribution is 2.10. The number of morpholine rings is 1. The number of benzene rings is 1. The Morgan fingerprint density at radius 3 is 3.08 bits per heavy atom. The normalized spacial score (nSPS) is 19.0. The molecule has 0 saturated carbocycles. The third kappa shape index (κ3) is 4.30. The lowest BCUT2D eigenvalue weighted by Gasteiger charge is -2.33. The number of amides is 1. The summed E-state index contributed by atoms with van der Waals surface area (Å²) in [5.41, 5.74) is 1.66. The van der Waals surface area contributed by atoms with Gasteiger partial charge in [0.2, 0.25) is 5.91 Å². The van der Waals surface area contributed by atoms with Crippen molar-refractivity contribution in [1.82, 2.24) is 25.2 Å². The number of hydrogen-bond donors (Lipinski definition) is 1. The van der Waals surface area contributed by atoms with Gasteiger partial charge in [0.05, 0.1) is 18.2 Å². The smallest absolute Gasteiger partial charge is 0.241 e. The van der Waals surface area contributed by atoms with Crippen LogP contribution in [0, 0.1) is 5.92 Å². The predicted molar refractivity (Wildman–Crippen MR) is 91.6 cm³/mol. The van der Waals surface area contributed by atoms with Gasteiger partial charge < -0.3 is 10.1 Å². The molecule has 7 heteroatoms. The topological polar surface area (TPSA) is 72.3 Å². The van der Waals surface area contributed by atoms with Crippen molar-refractivity contribution in [2.45, 2.75) is 26.5 Å². The summed E-state index contributed by atoms with van der Waals surface area (Å²) in [5, 5.41) is 11.1. The zero-order chi connectivity index (χ0) is 16.9. The van der Waals surface area contributed by atoms with E-state index in [4.69, 9.17) is 4.74 Å². The highest BCUT2D eigenvalue weighted by atomic mass is 16.5. The summed E-state index contributed by atoms with van der Waals surface area (Å²) in [6, 6.07) is 7.62. The number of carbonyl (C=O) groups excluding carboxylic acids is 1. The maximum absolute atomic E-state index is 12.2. The molecule has 1 saturated heterocycles. The maximum atomic E-state index is 12.2. The summed E-state index contributed by atoms with van der Waals surface area (Å²) in [7, 11) is 0. The number of hydrogen-bond acceptors (Lipinski definition) is 5. The van der Waals surface area contributed by atoms with Gasteiger partial charge in [-0.2, -0.15) is 0 Å². The molecule has 130 valence electrons. The summed E-state index contributed by atoms with van der Waals surface area (Å²) >= 11 is 0. The van der Waals surface area contributed by atoms with Crippen LogP contribution in [0.1, 0.15) is 13.8 Å². The van der Waals surface area contributed by atoms with Crippen LogP contribution in [0.25, 0.3) is 11.0 Å². The number of rotatable bonds is 6. The van der Waals surface area contributed by atoms with Crippen molar-refractivity contribution in [3.63, 3.8) is 0 Å². The Balaban J connectivity index is 1.49. The van der Waals surface area contributed by atoms with Crippen LogP contribution in [0.5, 0.6) is 0 Å². The molecular weight excluding hydrogens is 306 g/mol. The second kappa shape index (κ2) is 7.72. The van der Waals surface area contributed by atoms with Gasteiger partial charge in [-0.1, -0.05) is 31.2 Å². The third-order valence-electron chi connectivity index (χ3n) is 4.09. The van der Waals surface area contributed by atoms with Crippen molar-refractivity contribution >= 4 is 16.9 Å². The van der Waals surface area contributed by atoms with Crippen molar-refractivity contribution in [1.29, 1.82) is 0 Å². The number of fused-ring (bicyclic) bond motifs is 1. The fraction of sp³-hybridized carbons (Fsp3) is 0.588. The lowest BCUT2D eigenvalue weighted by Crippen LogP contribution is -2.48. The summed E-state index contributed by atoms with van der Waals surface area (Å²) in [5.74, 6) is 0.564. The Labute approximate surface area is 142 Å². The fourth-order valence-corrected chi connectivity index (χ4v) is 3.04. The zero-order valence-corrected chi connectivity index (χ0v) is 14.3. The molecular formula is C17H25N5O2. The monoisotopic (exact) mass is 331 g/mol. The highest BCUT2D eigenvalue weighted by Gasteiger charge is 2.21. The molecule has 0 bridgehead atoms. The predicted octanol–water partition coefficient (Wildman–Crippen LogP) is 0.904. The van der Waals surface area contributed by atoms with Crippen LogP contribution in [0.4, 0.5) is 0 Å². The number of aromatic nitrogens is 3. The summed E-state index contributed by atoms with van der Waals surface area (Å²) in [4.78, 5) is 14.6. The molecule has 1 aromatic heterocycles. The number of ether oxygens (including phenoxy) is 1. The minimum atomic E-state index is -0.0739. The van der Waals surface area contributed by atoms with Crippen molar-refractivity contribution in [3.05, 3.63) is 24.3 Å². The van der Waals surface area contributed by atoms with Gasteiger partial charge >= 0.3 is 0 Å². The zero-order valence-electron chi connectivity index (χ0n) is 14.3. The van der Waals surface area contributed by atoms with Crippen LogP contribution >= 0.6 is 0 Å². The van der Waals surface area contributed by atoms with Crippen molar-refractivity contribution in [2.75, 3.05) is 32.8 Å². The average molecular weight is 331 g/mol. The first-order valence-electron chi connectivity index (χ1n) is 8.50. The number of nitrogens with one attached hydrogen (secondary N) is 1. The summed E-state index contributed by atoms with van der Waals surface area (Å²) in [6.45, 7) is 8.75. The maximum Gasteiger partial charge on any atom is 0.241 e. The van der Waals surface area contributed by atoms with Gasteiger partial charge in [-0.25, -0.2) is 4.68 Å². The van der Waals surface area contributed by atoms with Gasteiger partial charge in [0.1, 0.15) is 12.1 Å². The fourth-order valence-electron chi connectivity index (χ4n) is 3.04. The first kappa shape index (κ1) is 16.9. The molecule has 2 aromatic rings. The van der Waals surface area contributed by atoms with E-state index < -0.39 is 0 Å². The summed E-state index contributed by atoms with van der Waals surface area (Å²) < 4.78 is 7.38. The molecule has 0 aliphatic carbocycles. The molecule has 3 rings (SSSR count). The van der Waals surface area contributed by atoms with Gasteiger partial charge in [-0.05, 0) is 18.1 Å². The minimum absolute atomic E-state index is 0.0499. The van der Waals surface area contributed by atoms with E-state index in [1.807, 2.05) is 24.3 Å². The molecule has 1 aliphatic heterocycles. The van der Waals surface area contributed by atoms with E-state index >= 15 is 0 Å². The Morgan fingerprint density at radius 1 is 1.42 bits per heavy atom. The Kier molecular flexibility index (Phi) is 5.42. The van der Waals surface area contributed by atoms with E-state index in [-0.39, 0.29) is 18.6 Å². The largest absolute Gasteiger partial charge is 0.374 e. The van der Waals surface area contributed by atoms with Gasteiger partial charge in [0.25, 0.3) is 0 Å². The van der Waals surface area contributed by atoms with E-state index in [1.165, 1.54) is 0 Å². The molecule has 0 spiro atoms. The van der Waals surface area contributed by atoms with E-state index in [9.17, 15) is 4.79 Å². The molecule has 1 amide bonds. The van der Waals surface area contributed by atoms with Crippen molar-refractivity contribution < 1.29 is 9.53 Å². The molecule has 24 heavy (non-hydrogen) atoms. The quantitative estimate of drug-likeness (QED) is 0.852. The molecule has 2 heterocycles. The van der Waals surface area contributed by atoms with Crippen LogP contribution < -0.4 is 5.32 Å². The number of nitrogens with zero attached hydrogens (tertiary/aromatic N) is 4. The Hall–Kier alpha value is -1.99. The van der Waals surface area contributed by atoms with Crippen LogP contribution in [-0.2, 0) is 16.1 Å². The van der Waals surface area contributed by atoms with Crippen LogP contribution in [-0.4, -0.2) is 64.7 Å². The average Bonchev–Trinajstić information content (AvgIpc) is 2.96. The van der Waals surface area contributed by atoms with Crippen LogP contribution in [0.2, 0.25) is 0 Å². The first-order chi connectivity index (χ1) is 11.6. The molecule has 1 aliphatic rings. The van der Waals surface area contributed by atoms with Crippen molar-refractivity contribution in [2.24, 2.45) is 5.92 Å². The Morgan fingerprint density at radius 2 is 2.25 bits per heavy atom. The van der Waals surface area contributed by atoms with Crippen molar-refractivity contribution in [3.8, 4) is 0 Å². The van der Waals surface area contributed by atoms with Gasteiger partial charge in [-0.3, -0.25) is 9.69 Å². The molecule has 7 nitrogen and oxygen atoms in total. The van der Waals surface area contributed by atoms with Gasteiger partial charge in [-0.15, -0.1) is 5.10 Å². The lowest BCUT2D eigenvalue weighted by atomic mass is 10.2. The lowest BCUT2D eigenvalue weighted by molar-refractivity contribution is -0.123. The standard InChI is InChI=1S/C17H25N5O2/c1-13(2)10-21-7-8-24-14(11-21)9-18-17(23)12-22-16-6-4-3-5-15(16)19-20-22/h3-6,13-14H,7-12H2,1-2H3,(H,18,23). The van der Waals surface area contributed by atoms with E-state index in [0.29, 0.717) is 12.5 Å². The minimum Gasteiger partial charge on any atom is -0.374 e. The van der Waals surface area contributed by atoms with E-state index in [0.717, 1.165) is 37.3 Å². The molecule has 1 fully saturated rings. The Bertz CT molecular complexity index is 684. The number of para-hydroxylation sites is 1. The first-order valence-corrected chi connectivity index (χ1v) is 8.50. The van der Waals surface area contributed by atoms with Gasteiger partial charge in [0.15, 0.2) is 0 Å². The molecule has 1 unspecified atom stereocenters. The second-order valence-electron chi connectivity index (χ2n) is 6.69. The van der Waals surface area contributed by atoms with Crippen LogP contribution in [0.3, 0.4) is 0 Å².